The molecule has 0 radical (unpaired) electrons. The van der Waals surface area contributed by atoms with E-state index in [9.17, 15) is 9.90 Å². The van der Waals surface area contributed by atoms with Crippen molar-refractivity contribution in [3.05, 3.63) is 59.7 Å². The molecule has 0 heterocycles. The molecule has 4 N–H and O–H groups in total. The SMILES string of the molecule is CCNC(=NCc1ccc(NC(=O)OC)cc1)NCC(O)c1cccc(OC(C)C)c1.I. The number of carbonyl (C=O) groups is 1. The molecule has 0 spiro atoms. The van der Waals surface area contributed by atoms with Crippen molar-refractivity contribution in [2.24, 2.45) is 4.99 Å². The molecule has 9 heteroatoms. The van der Waals surface area contributed by atoms with Gasteiger partial charge in [0.2, 0.25) is 0 Å². The molecule has 0 aliphatic carbocycles. The van der Waals surface area contributed by atoms with E-state index in [-0.39, 0.29) is 30.1 Å². The van der Waals surface area contributed by atoms with Crippen LogP contribution in [-0.4, -0.2) is 43.5 Å². The number of hydrogen-bond acceptors (Lipinski definition) is 5. The number of amides is 1. The molecular weight excluding hydrogens is 523 g/mol. The fraction of sp³-hybridized carbons (Fsp3) is 0.391. The van der Waals surface area contributed by atoms with Crippen LogP contribution < -0.4 is 20.7 Å². The number of rotatable bonds is 9. The van der Waals surface area contributed by atoms with E-state index >= 15 is 0 Å². The molecule has 8 nitrogen and oxygen atoms in total. The number of halogens is 1. The number of nitrogens with one attached hydrogen (secondary N) is 3. The predicted molar refractivity (Wildman–Crippen MR) is 138 cm³/mol. The number of aliphatic hydroxyl groups is 1. The fourth-order valence-electron chi connectivity index (χ4n) is 2.75. The molecule has 2 rings (SSSR count). The second-order valence-corrected chi connectivity index (χ2v) is 7.14. The first-order valence-electron chi connectivity index (χ1n) is 10.3. The third kappa shape index (κ3) is 9.73. The van der Waals surface area contributed by atoms with Crippen LogP contribution in [0.15, 0.2) is 53.5 Å². The molecule has 0 aromatic heterocycles. The number of benzene rings is 2. The molecule has 0 bridgehead atoms. The van der Waals surface area contributed by atoms with Crippen LogP contribution in [0.2, 0.25) is 0 Å². The van der Waals surface area contributed by atoms with Crippen LogP contribution in [0.25, 0.3) is 0 Å². The summed E-state index contributed by atoms with van der Waals surface area (Å²) in [5.74, 6) is 1.34. The minimum atomic E-state index is -0.705. The first kappa shape index (κ1) is 27.5. The number of aliphatic hydroxyl groups excluding tert-OH is 1. The van der Waals surface area contributed by atoms with Gasteiger partial charge >= 0.3 is 6.09 Å². The summed E-state index contributed by atoms with van der Waals surface area (Å²) < 4.78 is 10.3. The van der Waals surface area contributed by atoms with Crippen LogP contribution in [-0.2, 0) is 11.3 Å². The summed E-state index contributed by atoms with van der Waals surface area (Å²) in [6.07, 6.45) is -1.14. The molecule has 32 heavy (non-hydrogen) atoms. The minimum Gasteiger partial charge on any atom is -0.491 e. The lowest BCUT2D eigenvalue weighted by Crippen LogP contribution is -2.39. The standard InChI is InChI=1S/C23H32N4O4.HI/c1-5-24-22(25-14-17-9-11-19(12-10-17)27-23(29)30-4)26-15-21(28)18-7-6-8-20(13-18)31-16(2)3;/h6-13,16,21,28H,5,14-15H2,1-4H3,(H,27,29)(H2,24,25,26);1H. The molecule has 0 saturated heterocycles. The summed E-state index contributed by atoms with van der Waals surface area (Å²) in [5.41, 5.74) is 2.40. The van der Waals surface area contributed by atoms with E-state index in [2.05, 4.69) is 25.7 Å². The Hall–Kier alpha value is -2.53. The van der Waals surface area contributed by atoms with Gasteiger partial charge in [0, 0.05) is 18.8 Å². The Morgan fingerprint density at radius 1 is 1.12 bits per heavy atom. The van der Waals surface area contributed by atoms with Gasteiger partial charge in [-0.1, -0.05) is 24.3 Å². The molecule has 0 fully saturated rings. The summed E-state index contributed by atoms with van der Waals surface area (Å²) in [7, 11) is 1.32. The quantitative estimate of drug-likeness (QED) is 0.211. The molecule has 2 aromatic rings. The van der Waals surface area contributed by atoms with Crippen molar-refractivity contribution >= 4 is 41.7 Å². The Labute approximate surface area is 206 Å². The van der Waals surface area contributed by atoms with Crippen molar-refractivity contribution in [2.45, 2.75) is 39.5 Å². The van der Waals surface area contributed by atoms with E-state index in [0.29, 0.717) is 31.3 Å². The Kier molecular flexibility index (Phi) is 12.5. The third-order valence-corrected chi connectivity index (χ3v) is 4.23. The zero-order valence-corrected chi connectivity index (χ0v) is 21.3. The molecule has 1 atom stereocenters. The molecule has 1 unspecified atom stereocenters. The normalized spacial score (nSPS) is 11.9. The van der Waals surface area contributed by atoms with Gasteiger partial charge in [-0.15, -0.1) is 24.0 Å². The van der Waals surface area contributed by atoms with Crippen molar-refractivity contribution in [3.63, 3.8) is 0 Å². The second-order valence-electron chi connectivity index (χ2n) is 7.14. The summed E-state index contributed by atoms with van der Waals surface area (Å²) in [4.78, 5) is 15.8. The van der Waals surface area contributed by atoms with E-state index in [1.807, 2.05) is 57.2 Å². The summed E-state index contributed by atoms with van der Waals surface area (Å²) >= 11 is 0. The number of nitrogens with zero attached hydrogens (tertiary/aromatic N) is 1. The maximum Gasteiger partial charge on any atom is 0.411 e. The highest BCUT2D eigenvalue weighted by atomic mass is 127. The van der Waals surface area contributed by atoms with Crippen LogP contribution in [0.1, 0.15) is 38.0 Å². The van der Waals surface area contributed by atoms with Gasteiger partial charge in [-0.2, -0.15) is 0 Å². The van der Waals surface area contributed by atoms with E-state index < -0.39 is 12.2 Å². The maximum atomic E-state index is 11.2. The predicted octanol–water partition coefficient (Wildman–Crippen LogP) is 4.06. The van der Waals surface area contributed by atoms with Crippen molar-refractivity contribution in [1.29, 1.82) is 0 Å². The molecule has 0 aliphatic heterocycles. The number of carbonyl (C=O) groups excluding carboxylic acids is 1. The first-order valence-corrected chi connectivity index (χ1v) is 10.3. The van der Waals surface area contributed by atoms with Gasteiger partial charge in [0.25, 0.3) is 0 Å². The van der Waals surface area contributed by atoms with Gasteiger partial charge < -0.3 is 25.2 Å². The second kappa shape index (κ2) is 14.5. The van der Waals surface area contributed by atoms with E-state index in [1.165, 1.54) is 7.11 Å². The molecule has 176 valence electrons. The number of guanidine groups is 1. The lowest BCUT2D eigenvalue weighted by Gasteiger charge is -2.17. The topological polar surface area (TPSA) is 104 Å². The average molecular weight is 556 g/mol. The van der Waals surface area contributed by atoms with Gasteiger partial charge in [-0.05, 0) is 56.2 Å². The van der Waals surface area contributed by atoms with Gasteiger partial charge in [0.05, 0.1) is 25.9 Å². The monoisotopic (exact) mass is 556 g/mol. The van der Waals surface area contributed by atoms with Crippen LogP contribution in [0, 0.1) is 0 Å². The van der Waals surface area contributed by atoms with Crippen molar-refractivity contribution in [3.8, 4) is 5.75 Å². The third-order valence-electron chi connectivity index (χ3n) is 4.23. The Morgan fingerprint density at radius 3 is 2.47 bits per heavy atom. The first-order chi connectivity index (χ1) is 14.9. The van der Waals surface area contributed by atoms with Crippen molar-refractivity contribution in [1.82, 2.24) is 10.6 Å². The van der Waals surface area contributed by atoms with Crippen LogP contribution in [0.3, 0.4) is 0 Å². The highest BCUT2D eigenvalue weighted by Gasteiger charge is 2.10. The average Bonchev–Trinajstić information content (AvgIpc) is 2.76. The molecule has 1 amide bonds. The van der Waals surface area contributed by atoms with Crippen molar-refractivity contribution in [2.75, 3.05) is 25.5 Å². The highest BCUT2D eigenvalue weighted by Crippen LogP contribution is 2.20. The molecular formula is C23H33IN4O4. The number of ether oxygens (including phenoxy) is 2. The van der Waals surface area contributed by atoms with Crippen LogP contribution >= 0.6 is 24.0 Å². The summed E-state index contributed by atoms with van der Waals surface area (Å²) in [5, 5.41) is 19.5. The number of anilines is 1. The Bertz CT molecular complexity index is 859. The number of aliphatic imine (C=N–C) groups is 1. The fourth-order valence-corrected chi connectivity index (χ4v) is 2.75. The van der Waals surface area contributed by atoms with Gasteiger partial charge in [-0.25, -0.2) is 9.79 Å². The number of methoxy groups -OCH3 is 1. The van der Waals surface area contributed by atoms with Gasteiger partial charge in [-0.3, -0.25) is 5.32 Å². The maximum absolute atomic E-state index is 11.2. The van der Waals surface area contributed by atoms with E-state index in [0.717, 1.165) is 16.9 Å². The molecule has 2 aromatic carbocycles. The van der Waals surface area contributed by atoms with Crippen LogP contribution in [0.4, 0.5) is 10.5 Å². The lowest BCUT2D eigenvalue weighted by molar-refractivity contribution is 0.179. The summed E-state index contributed by atoms with van der Waals surface area (Å²) in [6.45, 7) is 7.36. The largest absolute Gasteiger partial charge is 0.491 e. The number of hydrogen-bond donors (Lipinski definition) is 4. The molecule has 0 saturated carbocycles. The van der Waals surface area contributed by atoms with E-state index in [1.54, 1.807) is 12.1 Å². The minimum absolute atomic E-state index is 0. The Balaban J connectivity index is 0.00000512. The summed E-state index contributed by atoms with van der Waals surface area (Å²) in [6, 6.07) is 14.8. The zero-order chi connectivity index (χ0) is 22.6. The smallest absolute Gasteiger partial charge is 0.411 e. The zero-order valence-electron chi connectivity index (χ0n) is 18.9. The Morgan fingerprint density at radius 2 is 1.84 bits per heavy atom. The molecule has 0 aliphatic rings. The van der Waals surface area contributed by atoms with E-state index in [4.69, 9.17) is 4.74 Å². The van der Waals surface area contributed by atoms with Crippen molar-refractivity contribution < 1.29 is 19.4 Å². The lowest BCUT2D eigenvalue weighted by atomic mass is 10.1. The van der Waals surface area contributed by atoms with Gasteiger partial charge in [0.1, 0.15) is 5.75 Å². The van der Waals surface area contributed by atoms with Gasteiger partial charge in [0.15, 0.2) is 5.96 Å². The van der Waals surface area contributed by atoms with Crippen LogP contribution in [0.5, 0.6) is 5.75 Å². The highest BCUT2D eigenvalue weighted by molar-refractivity contribution is 14.0.